The Kier molecular flexibility index (Phi) is 3.47. The second-order valence-corrected chi connectivity index (χ2v) is 4.51. The number of aliphatic carboxylic acids is 1. The number of carboxylic acid groups (broad SMARTS) is 1. The molecule has 1 aliphatic heterocycles. The fourth-order valence-corrected chi connectivity index (χ4v) is 2.24. The normalized spacial score (nSPS) is 23.4. The summed E-state index contributed by atoms with van der Waals surface area (Å²) in [6, 6.07) is 1.08. The molecule has 2 unspecified atom stereocenters. The highest BCUT2D eigenvalue weighted by molar-refractivity contribution is 5.78. The van der Waals surface area contributed by atoms with E-state index in [4.69, 9.17) is 5.11 Å². The zero-order valence-corrected chi connectivity index (χ0v) is 10.5. The van der Waals surface area contributed by atoms with E-state index in [1.807, 2.05) is 6.92 Å². The number of aromatic nitrogens is 2. The molecule has 2 rings (SSSR count). The molecule has 1 aliphatic rings. The van der Waals surface area contributed by atoms with Crippen LogP contribution in [0.15, 0.2) is 6.07 Å². The van der Waals surface area contributed by atoms with E-state index in [-0.39, 0.29) is 6.42 Å². The summed E-state index contributed by atoms with van der Waals surface area (Å²) in [5, 5.41) is 18.8. The van der Waals surface area contributed by atoms with E-state index in [0.717, 1.165) is 12.1 Å². The number of nitrogens with zero attached hydrogens (tertiary/aromatic N) is 3. The lowest BCUT2D eigenvalue weighted by Crippen LogP contribution is -2.36. The van der Waals surface area contributed by atoms with Crippen molar-refractivity contribution in [2.75, 3.05) is 11.4 Å². The molecule has 1 saturated heterocycles. The summed E-state index contributed by atoms with van der Waals surface area (Å²) in [4.78, 5) is 21.3. The van der Waals surface area contributed by atoms with Crippen LogP contribution >= 0.6 is 0 Å². The van der Waals surface area contributed by atoms with Gasteiger partial charge in [0.25, 0.3) is 0 Å². The minimum absolute atomic E-state index is 0.236. The van der Waals surface area contributed by atoms with Crippen molar-refractivity contribution in [3.8, 4) is 0 Å². The average molecular weight is 251 g/mol. The van der Waals surface area contributed by atoms with Crippen LogP contribution in [-0.2, 0) is 11.2 Å². The van der Waals surface area contributed by atoms with Crippen molar-refractivity contribution in [3.05, 3.63) is 17.6 Å². The second kappa shape index (κ2) is 4.89. The van der Waals surface area contributed by atoms with E-state index >= 15 is 0 Å². The van der Waals surface area contributed by atoms with E-state index in [2.05, 4.69) is 9.97 Å². The number of anilines is 1. The van der Waals surface area contributed by atoms with Crippen molar-refractivity contribution in [1.29, 1.82) is 0 Å². The summed E-state index contributed by atoms with van der Waals surface area (Å²) in [7, 11) is 0. The van der Waals surface area contributed by atoms with Crippen LogP contribution in [-0.4, -0.2) is 44.8 Å². The molecule has 0 amide bonds. The van der Waals surface area contributed by atoms with Gasteiger partial charge in [-0.1, -0.05) is 6.92 Å². The molecule has 1 aromatic rings. The first kappa shape index (κ1) is 12.8. The number of hydrogen-bond acceptors (Lipinski definition) is 5. The Labute approximate surface area is 105 Å². The van der Waals surface area contributed by atoms with Crippen LogP contribution in [0.2, 0.25) is 0 Å². The first-order valence-corrected chi connectivity index (χ1v) is 6.03. The molecular weight excluding hydrogens is 234 g/mol. The Morgan fingerprint density at radius 3 is 2.89 bits per heavy atom. The summed E-state index contributed by atoms with van der Waals surface area (Å²) in [6.07, 6.45) is 0.385. The molecule has 2 N–H and O–H groups in total. The number of β-amino-alcohol motifs (C(OH)–C–C–N with tert-alkyl or cyclic N) is 1. The molecule has 1 aromatic heterocycles. The molecule has 0 saturated carbocycles. The Bertz CT molecular complexity index is 464. The van der Waals surface area contributed by atoms with E-state index in [0.29, 0.717) is 18.2 Å². The second-order valence-electron chi connectivity index (χ2n) is 4.51. The van der Waals surface area contributed by atoms with Gasteiger partial charge in [-0.3, -0.25) is 0 Å². The van der Waals surface area contributed by atoms with Gasteiger partial charge < -0.3 is 15.1 Å². The minimum atomic E-state index is -0.930. The Hall–Kier alpha value is -1.69. The van der Waals surface area contributed by atoms with Gasteiger partial charge in [0.1, 0.15) is 17.7 Å². The monoisotopic (exact) mass is 251 g/mol. The average Bonchev–Trinajstić information content (AvgIpc) is 2.70. The van der Waals surface area contributed by atoms with Crippen LogP contribution in [0.3, 0.4) is 0 Å². The zero-order chi connectivity index (χ0) is 13.3. The van der Waals surface area contributed by atoms with Gasteiger partial charge in [-0.15, -0.1) is 0 Å². The van der Waals surface area contributed by atoms with E-state index in [1.165, 1.54) is 0 Å². The van der Waals surface area contributed by atoms with Gasteiger partial charge >= 0.3 is 5.97 Å². The number of carbonyl (C=O) groups is 1. The molecule has 18 heavy (non-hydrogen) atoms. The molecule has 98 valence electrons. The Balaban J connectivity index is 2.35. The van der Waals surface area contributed by atoms with Crippen LogP contribution in [0, 0.1) is 6.92 Å². The minimum Gasteiger partial charge on any atom is -0.480 e. The van der Waals surface area contributed by atoms with Crippen molar-refractivity contribution in [3.63, 3.8) is 0 Å². The van der Waals surface area contributed by atoms with Gasteiger partial charge in [-0.25, -0.2) is 14.8 Å². The lowest BCUT2D eigenvalue weighted by molar-refractivity contribution is -0.138. The fraction of sp³-hybridized carbons (Fsp3) is 0.583. The number of rotatable bonds is 3. The molecule has 2 heterocycles. The van der Waals surface area contributed by atoms with Gasteiger partial charge in [0.05, 0.1) is 6.10 Å². The maximum atomic E-state index is 11.2. The van der Waals surface area contributed by atoms with E-state index in [9.17, 15) is 9.90 Å². The first-order valence-electron chi connectivity index (χ1n) is 6.03. The third-order valence-corrected chi connectivity index (χ3v) is 3.10. The molecule has 6 heteroatoms. The maximum Gasteiger partial charge on any atom is 0.326 e. The third-order valence-electron chi connectivity index (χ3n) is 3.10. The maximum absolute atomic E-state index is 11.2. The molecule has 0 aliphatic carbocycles. The standard InChI is InChI=1S/C12H17N3O3/c1-3-8-4-11(14-7(2)13-8)15-6-9(16)5-10(15)12(17)18/h4,9-10,16H,3,5-6H2,1-2H3,(H,17,18). The predicted octanol–water partition coefficient (Wildman–Crippen LogP) is 0.372. The molecular formula is C12H17N3O3. The highest BCUT2D eigenvalue weighted by Crippen LogP contribution is 2.25. The van der Waals surface area contributed by atoms with Crippen LogP contribution in [0.4, 0.5) is 5.82 Å². The molecule has 0 radical (unpaired) electrons. The van der Waals surface area contributed by atoms with Crippen LogP contribution in [0.5, 0.6) is 0 Å². The quantitative estimate of drug-likeness (QED) is 0.807. The highest BCUT2D eigenvalue weighted by atomic mass is 16.4. The molecule has 0 bridgehead atoms. The van der Waals surface area contributed by atoms with Crippen molar-refractivity contribution >= 4 is 11.8 Å². The highest BCUT2D eigenvalue weighted by Gasteiger charge is 2.36. The zero-order valence-electron chi connectivity index (χ0n) is 10.5. The molecule has 0 aromatic carbocycles. The lowest BCUT2D eigenvalue weighted by Gasteiger charge is -2.22. The third kappa shape index (κ3) is 2.43. The summed E-state index contributed by atoms with van der Waals surface area (Å²) in [5.74, 6) is 0.277. The number of carboxylic acids is 1. The largest absolute Gasteiger partial charge is 0.480 e. The molecule has 0 spiro atoms. The van der Waals surface area contributed by atoms with Gasteiger partial charge in [0.15, 0.2) is 0 Å². The van der Waals surface area contributed by atoms with Crippen molar-refractivity contribution in [1.82, 2.24) is 9.97 Å². The van der Waals surface area contributed by atoms with Crippen LogP contribution in [0.1, 0.15) is 24.9 Å². The van der Waals surface area contributed by atoms with Crippen molar-refractivity contribution in [2.45, 2.75) is 38.8 Å². The summed E-state index contributed by atoms with van der Waals surface area (Å²) < 4.78 is 0. The number of aliphatic hydroxyl groups is 1. The Morgan fingerprint density at radius 2 is 2.28 bits per heavy atom. The van der Waals surface area contributed by atoms with Crippen molar-refractivity contribution in [2.24, 2.45) is 0 Å². The topological polar surface area (TPSA) is 86.5 Å². The number of hydrogen-bond donors (Lipinski definition) is 2. The van der Waals surface area contributed by atoms with Crippen LogP contribution in [0.25, 0.3) is 0 Å². The van der Waals surface area contributed by atoms with Crippen molar-refractivity contribution < 1.29 is 15.0 Å². The lowest BCUT2D eigenvalue weighted by atomic mass is 10.2. The predicted molar refractivity (Wildman–Crippen MR) is 65.5 cm³/mol. The number of aryl methyl sites for hydroxylation is 2. The molecule has 2 atom stereocenters. The van der Waals surface area contributed by atoms with Gasteiger partial charge in [0, 0.05) is 24.7 Å². The summed E-state index contributed by atoms with van der Waals surface area (Å²) in [5.41, 5.74) is 0.878. The first-order chi connectivity index (χ1) is 8.51. The summed E-state index contributed by atoms with van der Waals surface area (Å²) in [6.45, 7) is 4.07. The van der Waals surface area contributed by atoms with Gasteiger partial charge in [0.2, 0.25) is 0 Å². The molecule has 6 nitrogen and oxygen atoms in total. The summed E-state index contributed by atoms with van der Waals surface area (Å²) >= 11 is 0. The van der Waals surface area contributed by atoms with E-state index < -0.39 is 18.1 Å². The smallest absolute Gasteiger partial charge is 0.326 e. The van der Waals surface area contributed by atoms with Gasteiger partial charge in [-0.05, 0) is 13.3 Å². The van der Waals surface area contributed by atoms with Crippen LogP contribution < -0.4 is 4.90 Å². The SMILES string of the molecule is CCc1cc(N2CC(O)CC2C(=O)O)nc(C)n1. The Morgan fingerprint density at radius 1 is 1.56 bits per heavy atom. The van der Waals surface area contributed by atoms with E-state index in [1.54, 1.807) is 17.9 Å². The number of aliphatic hydroxyl groups excluding tert-OH is 1. The fourth-order valence-electron chi connectivity index (χ4n) is 2.24. The molecule has 1 fully saturated rings. The van der Waals surface area contributed by atoms with Gasteiger partial charge in [-0.2, -0.15) is 0 Å².